The number of hydrogen-bond donors (Lipinski definition) is 0. The van der Waals surface area contributed by atoms with Gasteiger partial charge in [-0.25, -0.2) is 0 Å². The van der Waals surface area contributed by atoms with Crippen molar-refractivity contribution in [3.05, 3.63) is 24.0 Å². The van der Waals surface area contributed by atoms with Crippen molar-refractivity contribution >= 4 is 17.6 Å². The predicted molar refractivity (Wildman–Crippen MR) is 73.2 cm³/mol. The highest BCUT2D eigenvalue weighted by atomic mass is 16.2. The molecular formula is C14H19N3O3. The average molecular weight is 277 g/mol. The lowest BCUT2D eigenvalue weighted by molar-refractivity contribution is -0.156. The number of nitrogens with zero attached hydrogens (tertiary/aromatic N) is 3. The molecule has 0 N–H and O–H groups in total. The van der Waals surface area contributed by atoms with Gasteiger partial charge in [-0.1, -0.05) is 0 Å². The van der Waals surface area contributed by atoms with Gasteiger partial charge in [-0.2, -0.15) is 0 Å². The molecule has 2 rings (SSSR count). The van der Waals surface area contributed by atoms with Crippen molar-refractivity contribution in [2.45, 2.75) is 19.9 Å². The Morgan fingerprint density at radius 2 is 1.95 bits per heavy atom. The molecule has 1 aliphatic rings. The third-order valence-electron chi connectivity index (χ3n) is 3.53. The van der Waals surface area contributed by atoms with Crippen LogP contribution in [0.1, 0.15) is 24.3 Å². The lowest BCUT2D eigenvalue weighted by atomic mass is 10.2. The maximum Gasteiger partial charge on any atom is 0.312 e. The number of aryl methyl sites for hydroxylation is 1. The molecule has 2 amide bonds. The molecule has 1 fully saturated rings. The van der Waals surface area contributed by atoms with Crippen molar-refractivity contribution in [3.8, 4) is 0 Å². The van der Waals surface area contributed by atoms with Gasteiger partial charge in [-0.05, 0) is 26.0 Å². The number of carbonyl (C=O) groups is 3. The van der Waals surface area contributed by atoms with E-state index in [4.69, 9.17) is 0 Å². The normalized spacial score (nSPS) is 16.2. The molecule has 6 nitrogen and oxygen atoms in total. The summed E-state index contributed by atoms with van der Waals surface area (Å²) in [5.41, 5.74) is 0.538. The Bertz CT molecular complexity index is 548. The third kappa shape index (κ3) is 2.59. The lowest BCUT2D eigenvalue weighted by Gasteiger charge is -2.35. The van der Waals surface area contributed by atoms with Gasteiger partial charge in [0, 0.05) is 32.4 Å². The molecule has 0 aliphatic carbocycles. The summed E-state index contributed by atoms with van der Waals surface area (Å²) < 4.78 is 1.71. The molecule has 1 saturated heterocycles. The topological polar surface area (TPSA) is 62.6 Å². The lowest BCUT2D eigenvalue weighted by Crippen LogP contribution is -2.57. The van der Waals surface area contributed by atoms with Crippen LogP contribution in [0.3, 0.4) is 0 Å². The van der Waals surface area contributed by atoms with E-state index < -0.39 is 11.8 Å². The van der Waals surface area contributed by atoms with Crippen molar-refractivity contribution in [2.24, 2.45) is 7.05 Å². The van der Waals surface area contributed by atoms with Gasteiger partial charge in [-0.3, -0.25) is 14.4 Å². The van der Waals surface area contributed by atoms with Crippen LogP contribution in [0.2, 0.25) is 0 Å². The van der Waals surface area contributed by atoms with Crippen LogP contribution >= 0.6 is 0 Å². The minimum Gasteiger partial charge on any atom is -0.348 e. The Kier molecular flexibility index (Phi) is 3.92. The molecule has 6 heteroatoms. The van der Waals surface area contributed by atoms with Gasteiger partial charge in [0.1, 0.15) is 0 Å². The van der Waals surface area contributed by atoms with Crippen LogP contribution < -0.4 is 0 Å². The summed E-state index contributed by atoms with van der Waals surface area (Å²) in [5, 5.41) is 0. The second kappa shape index (κ2) is 5.48. The number of ketones is 1. The van der Waals surface area contributed by atoms with Gasteiger partial charge in [-0.15, -0.1) is 0 Å². The number of Topliss-reactive ketones (excluding diaryl/α,β-unsaturated/α-hetero) is 1. The Balaban J connectivity index is 2.05. The fourth-order valence-electron chi connectivity index (χ4n) is 2.34. The van der Waals surface area contributed by atoms with Crippen LogP contribution in [0, 0.1) is 0 Å². The summed E-state index contributed by atoms with van der Waals surface area (Å²) in [4.78, 5) is 38.9. The van der Waals surface area contributed by atoms with E-state index in [2.05, 4.69) is 0 Å². The number of rotatable bonds is 4. The van der Waals surface area contributed by atoms with Crippen LogP contribution in [-0.4, -0.2) is 57.6 Å². The maximum atomic E-state index is 12.1. The molecule has 20 heavy (non-hydrogen) atoms. The molecule has 0 atom stereocenters. The highest BCUT2D eigenvalue weighted by Crippen LogP contribution is 2.10. The van der Waals surface area contributed by atoms with Crippen molar-refractivity contribution < 1.29 is 14.4 Å². The van der Waals surface area contributed by atoms with Gasteiger partial charge in [0.2, 0.25) is 0 Å². The number of piperazine rings is 1. The minimum absolute atomic E-state index is 0.00262. The second-order valence-corrected chi connectivity index (χ2v) is 5.25. The smallest absolute Gasteiger partial charge is 0.312 e. The average Bonchev–Trinajstić information content (AvgIpc) is 2.81. The molecule has 0 bridgehead atoms. The Labute approximate surface area is 117 Å². The molecule has 0 radical (unpaired) electrons. The van der Waals surface area contributed by atoms with E-state index in [-0.39, 0.29) is 18.4 Å². The van der Waals surface area contributed by atoms with Crippen molar-refractivity contribution in [1.82, 2.24) is 14.4 Å². The first kappa shape index (κ1) is 14.3. The Morgan fingerprint density at radius 1 is 1.25 bits per heavy atom. The van der Waals surface area contributed by atoms with E-state index >= 15 is 0 Å². The van der Waals surface area contributed by atoms with Gasteiger partial charge < -0.3 is 14.4 Å². The van der Waals surface area contributed by atoms with Gasteiger partial charge in [0.25, 0.3) is 0 Å². The van der Waals surface area contributed by atoms with Gasteiger partial charge >= 0.3 is 11.8 Å². The van der Waals surface area contributed by atoms with Crippen LogP contribution in [0.15, 0.2) is 18.3 Å². The molecule has 0 saturated carbocycles. The molecule has 1 aromatic rings. The highest BCUT2D eigenvalue weighted by Gasteiger charge is 2.34. The summed E-state index contributed by atoms with van der Waals surface area (Å²) in [5.74, 6) is -1.27. The summed E-state index contributed by atoms with van der Waals surface area (Å²) in [6.45, 7) is 4.57. The van der Waals surface area contributed by atoms with Gasteiger partial charge in [0.05, 0.1) is 12.2 Å². The van der Waals surface area contributed by atoms with E-state index in [1.54, 1.807) is 29.9 Å². The zero-order valence-electron chi connectivity index (χ0n) is 12.0. The first-order chi connectivity index (χ1) is 9.41. The number of carbonyl (C=O) groups excluding carboxylic acids is 3. The standard InChI is InChI=1S/C14H19N3O3/c1-10(2)17-8-7-16(13(19)14(17)20)9-12(18)11-5-4-6-15(11)3/h4-6,10H,7-9H2,1-3H3. The molecule has 0 unspecified atom stereocenters. The fourth-order valence-corrected chi connectivity index (χ4v) is 2.34. The van der Waals surface area contributed by atoms with Crippen LogP contribution in [0.4, 0.5) is 0 Å². The summed E-state index contributed by atoms with van der Waals surface area (Å²) in [6, 6.07) is 3.48. The molecule has 0 aromatic carbocycles. The molecule has 1 aliphatic heterocycles. The zero-order chi connectivity index (χ0) is 14.9. The van der Waals surface area contributed by atoms with Crippen molar-refractivity contribution in [3.63, 3.8) is 0 Å². The van der Waals surface area contributed by atoms with Crippen molar-refractivity contribution in [1.29, 1.82) is 0 Å². The van der Waals surface area contributed by atoms with E-state index in [0.717, 1.165) is 0 Å². The van der Waals surface area contributed by atoms with Crippen LogP contribution in [-0.2, 0) is 16.6 Å². The molecule has 1 aromatic heterocycles. The first-order valence-corrected chi connectivity index (χ1v) is 6.66. The first-order valence-electron chi connectivity index (χ1n) is 6.66. The SMILES string of the molecule is CC(C)N1CCN(CC(=O)c2cccn2C)C(=O)C1=O. The minimum atomic E-state index is -0.590. The summed E-state index contributed by atoms with van der Waals surface area (Å²) in [6.07, 6.45) is 1.77. The third-order valence-corrected chi connectivity index (χ3v) is 3.53. The maximum absolute atomic E-state index is 12.1. The number of hydrogen-bond acceptors (Lipinski definition) is 3. The second-order valence-electron chi connectivity index (χ2n) is 5.25. The van der Waals surface area contributed by atoms with Crippen LogP contribution in [0.5, 0.6) is 0 Å². The van der Waals surface area contributed by atoms with E-state index in [1.807, 2.05) is 13.8 Å². The van der Waals surface area contributed by atoms with Crippen molar-refractivity contribution in [2.75, 3.05) is 19.6 Å². The largest absolute Gasteiger partial charge is 0.348 e. The quantitative estimate of drug-likeness (QED) is 0.587. The van der Waals surface area contributed by atoms with Gasteiger partial charge in [0.15, 0.2) is 5.78 Å². The van der Waals surface area contributed by atoms with Crippen LogP contribution in [0.25, 0.3) is 0 Å². The highest BCUT2D eigenvalue weighted by molar-refractivity contribution is 6.35. The Morgan fingerprint density at radius 3 is 2.50 bits per heavy atom. The van der Waals surface area contributed by atoms with E-state index in [0.29, 0.717) is 18.8 Å². The molecule has 0 spiro atoms. The summed E-state index contributed by atoms with van der Waals surface area (Å²) >= 11 is 0. The molecule has 2 heterocycles. The summed E-state index contributed by atoms with van der Waals surface area (Å²) in [7, 11) is 1.77. The number of aromatic nitrogens is 1. The Hall–Kier alpha value is -2.11. The predicted octanol–water partition coefficient (Wildman–Crippen LogP) is 0.287. The number of amides is 2. The molecular weight excluding hydrogens is 258 g/mol. The fraction of sp³-hybridized carbons (Fsp3) is 0.500. The van der Waals surface area contributed by atoms with E-state index in [9.17, 15) is 14.4 Å². The monoisotopic (exact) mass is 277 g/mol. The van der Waals surface area contributed by atoms with E-state index in [1.165, 1.54) is 9.80 Å². The zero-order valence-corrected chi connectivity index (χ0v) is 12.0. The molecule has 108 valence electrons.